The van der Waals surface area contributed by atoms with Gasteiger partial charge in [0.1, 0.15) is 5.75 Å². The molecule has 2 N–H and O–H groups in total. The van der Waals surface area contributed by atoms with Crippen molar-refractivity contribution in [1.29, 1.82) is 0 Å². The highest BCUT2D eigenvalue weighted by atomic mass is 16.5. The van der Waals surface area contributed by atoms with E-state index in [4.69, 9.17) is 4.74 Å². The summed E-state index contributed by atoms with van der Waals surface area (Å²) >= 11 is 0. The Bertz CT molecular complexity index is 335. The van der Waals surface area contributed by atoms with Gasteiger partial charge in [0.15, 0.2) is 0 Å². The van der Waals surface area contributed by atoms with Crippen molar-refractivity contribution in [2.45, 2.75) is 25.0 Å². The maximum absolute atomic E-state index is 9.50. The number of benzene rings is 1. The van der Waals surface area contributed by atoms with E-state index >= 15 is 0 Å². The lowest BCUT2D eigenvalue weighted by molar-refractivity contribution is 0.0141. The summed E-state index contributed by atoms with van der Waals surface area (Å²) < 4.78 is 5.10. The highest BCUT2D eigenvalue weighted by Gasteiger charge is 2.24. The van der Waals surface area contributed by atoms with Crippen molar-refractivity contribution in [2.75, 3.05) is 7.11 Å². The van der Waals surface area contributed by atoms with Gasteiger partial charge in [0.2, 0.25) is 0 Å². The third-order valence-electron chi connectivity index (χ3n) is 2.72. The van der Waals surface area contributed by atoms with Crippen molar-refractivity contribution in [3.63, 3.8) is 0 Å². The molecule has 0 amide bonds. The van der Waals surface area contributed by atoms with E-state index in [1.165, 1.54) is 0 Å². The van der Waals surface area contributed by atoms with Crippen LogP contribution in [0.3, 0.4) is 0 Å². The highest BCUT2D eigenvalue weighted by Crippen LogP contribution is 2.25. The van der Waals surface area contributed by atoms with E-state index in [0.717, 1.165) is 16.9 Å². The molecule has 2 atom stereocenters. The van der Waals surface area contributed by atoms with Crippen molar-refractivity contribution in [1.82, 2.24) is 0 Å². The number of methoxy groups -OCH3 is 1. The molecule has 1 aliphatic carbocycles. The fourth-order valence-corrected chi connectivity index (χ4v) is 1.84. The molecule has 1 aromatic rings. The normalized spacial score (nSPS) is 25.6. The van der Waals surface area contributed by atoms with E-state index in [9.17, 15) is 10.2 Å². The largest absolute Gasteiger partial charge is 0.497 e. The predicted octanol–water partition coefficient (Wildman–Crippen LogP) is 0.516. The molecule has 0 fully saturated rings. The van der Waals surface area contributed by atoms with Gasteiger partial charge in [-0.15, -0.1) is 0 Å². The van der Waals surface area contributed by atoms with Gasteiger partial charge in [-0.25, -0.2) is 0 Å². The van der Waals surface area contributed by atoms with E-state index in [1.54, 1.807) is 7.11 Å². The Hall–Kier alpha value is -1.06. The van der Waals surface area contributed by atoms with Crippen LogP contribution >= 0.6 is 0 Å². The second-order valence-corrected chi connectivity index (χ2v) is 3.68. The lowest BCUT2D eigenvalue weighted by atomic mass is 9.88. The van der Waals surface area contributed by atoms with E-state index < -0.39 is 12.2 Å². The number of aliphatic hydroxyl groups is 2. The van der Waals surface area contributed by atoms with Crippen LogP contribution in [0.15, 0.2) is 18.2 Å². The Morgan fingerprint density at radius 3 is 2.43 bits per heavy atom. The average molecular weight is 194 g/mol. The molecular formula is C11H14O3. The van der Waals surface area contributed by atoms with E-state index in [-0.39, 0.29) is 0 Å². The molecule has 3 heteroatoms. The Kier molecular flexibility index (Phi) is 2.44. The second kappa shape index (κ2) is 3.59. The molecular weight excluding hydrogens is 180 g/mol. The van der Waals surface area contributed by atoms with Crippen molar-refractivity contribution in [3.8, 4) is 5.75 Å². The number of rotatable bonds is 1. The lowest BCUT2D eigenvalue weighted by Gasteiger charge is -2.26. The predicted molar refractivity (Wildman–Crippen MR) is 52.4 cm³/mol. The van der Waals surface area contributed by atoms with Crippen LogP contribution in [-0.4, -0.2) is 29.5 Å². The Morgan fingerprint density at radius 1 is 1.14 bits per heavy atom. The minimum Gasteiger partial charge on any atom is -0.497 e. The summed E-state index contributed by atoms with van der Waals surface area (Å²) in [6.07, 6.45) is -0.237. The number of fused-ring (bicyclic) bond motifs is 1. The van der Waals surface area contributed by atoms with E-state index in [1.807, 2.05) is 18.2 Å². The fraction of sp³-hybridized carbons (Fsp3) is 0.455. The smallest absolute Gasteiger partial charge is 0.119 e. The molecule has 0 aromatic heterocycles. The molecule has 0 radical (unpaired) electrons. The van der Waals surface area contributed by atoms with E-state index in [2.05, 4.69) is 0 Å². The monoisotopic (exact) mass is 194 g/mol. The van der Waals surface area contributed by atoms with Crippen molar-refractivity contribution < 1.29 is 14.9 Å². The topological polar surface area (TPSA) is 49.7 Å². The number of hydrogen-bond acceptors (Lipinski definition) is 3. The molecule has 0 heterocycles. The fourth-order valence-electron chi connectivity index (χ4n) is 1.84. The van der Waals surface area contributed by atoms with Gasteiger partial charge in [-0.1, -0.05) is 6.07 Å². The maximum Gasteiger partial charge on any atom is 0.119 e. The number of aliphatic hydroxyl groups excluding tert-OH is 2. The second-order valence-electron chi connectivity index (χ2n) is 3.68. The van der Waals surface area contributed by atoms with Gasteiger partial charge in [0, 0.05) is 12.8 Å². The van der Waals surface area contributed by atoms with Crippen molar-refractivity contribution in [3.05, 3.63) is 29.3 Å². The van der Waals surface area contributed by atoms with Crippen molar-refractivity contribution in [2.24, 2.45) is 0 Å². The Morgan fingerprint density at radius 2 is 1.79 bits per heavy atom. The van der Waals surface area contributed by atoms with Gasteiger partial charge in [-0.05, 0) is 23.3 Å². The summed E-state index contributed by atoms with van der Waals surface area (Å²) in [5.74, 6) is 0.798. The molecule has 0 saturated heterocycles. The van der Waals surface area contributed by atoms with Crippen LogP contribution in [0.25, 0.3) is 0 Å². The van der Waals surface area contributed by atoms with Crippen LogP contribution in [0.5, 0.6) is 5.75 Å². The summed E-state index contributed by atoms with van der Waals surface area (Å²) in [7, 11) is 1.62. The minimum absolute atomic E-state index is 0.508. The molecule has 2 rings (SSSR count). The first-order valence-corrected chi connectivity index (χ1v) is 4.72. The van der Waals surface area contributed by atoms with Gasteiger partial charge < -0.3 is 14.9 Å². The summed E-state index contributed by atoms with van der Waals surface area (Å²) in [4.78, 5) is 0. The van der Waals surface area contributed by atoms with Gasteiger partial charge in [-0.2, -0.15) is 0 Å². The summed E-state index contributed by atoms with van der Waals surface area (Å²) in [6.45, 7) is 0. The molecule has 2 unspecified atom stereocenters. The molecule has 0 spiro atoms. The van der Waals surface area contributed by atoms with Gasteiger partial charge in [0.25, 0.3) is 0 Å². The van der Waals surface area contributed by atoms with E-state index in [0.29, 0.717) is 12.8 Å². The highest BCUT2D eigenvalue weighted by molar-refractivity contribution is 5.38. The molecule has 76 valence electrons. The first-order chi connectivity index (χ1) is 6.70. The molecule has 1 aliphatic rings. The number of hydrogen-bond donors (Lipinski definition) is 2. The first kappa shape index (κ1) is 9.49. The summed E-state index contributed by atoms with van der Waals surface area (Å²) in [5.41, 5.74) is 2.17. The average Bonchev–Trinajstić information content (AvgIpc) is 2.19. The summed E-state index contributed by atoms with van der Waals surface area (Å²) in [5, 5.41) is 19.0. The Labute approximate surface area is 83.0 Å². The van der Waals surface area contributed by atoms with Gasteiger partial charge in [-0.3, -0.25) is 0 Å². The minimum atomic E-state index is -0.644. The molecule has 3 nitrogen and oxygen atoms in total. The SMILES string of the molecule is COc1ccc2c(c1)CC(O)C(O)C2. The molecule has 14 heavy (non-hydrogen) atoms. The zero-order valence-electron chi connectivity index (χ0n) is 8.10. The lowest BCUT2D eigenvalue weighted by Crippen LogP contribution is -2.34. The molecule has 0 aliphatic heterocycles. The third-order valence-corrected chi connectivity index (χ3v) is 2.72. The van der Waals surface area contributed by atoms with Gasteiger partial charge >= 0.3 is 0 Å². The van der Waals surface area contributed by atoms with Crippen LogP contribution < -0.4 is 4.74 Å². The first-order valence-electron chi connectivity index (χ1n) is 4.72. The zero-order chi connectivity index (χ0) is 10.1. The van der Waals surface area contributed by atoms with Crippen LogP contribution in [0.1, 0.15) is 11.1 Å². The Balaban J connectivity index is 2.33. The van der Waals surface area contributed by atoms with Crippen LogP contribution in [0, 0.1) is 0 Å². The quantitative estimate of drug-likeness (QED) is 0.685. The molecule has 0 bridgehead atoms. The van der Waals surface area contributed by atoms with Crippen molar-refractivity contribution >= 4 is 0 Å². The standard InChI is InChI=1S/C11H14O3/c1-14-9-3-2-7-5-10(12)11(13)6-8(7)4-9/h2-4,10-13H,5-6H2,1H3. The van der Waals surface area contributed by atoms with Gasteiger partial charge in [0.05, 0.1) is 19.3 Å². The van der Waals surface area contributed by atoms with Crippen LogP contribution in [-0.2, 0) is 12.8 Å². The third kappa shape index (κ3) is 1.61. The van der Waals surface area contributed by atoms with Crippen LogP contribution in [0.4, 0.5) is 0 Å². The zero-order valence-corrected chi connectivity index (χ0v) is 8.10. The molecule has 1 aromatic carbocycles. The molecule has 0 saturated carbocycles. The number of ether oxygens (including phenoxy) is 1. The van der Waals surface area contributed by atoms with Crippen LogP contribution in [0.2, 0.25) is 0 Å². The summed E-state index contributed by atoms with van der Waals surface area (Å²) in [6, 6.07) is 5.75. The maximum atomic E-state index is 9.50.